The Labute approximate surface area is 178 Å². The fourth-order valence-electron chi connectivity index (χ4n) is 2.78. The second-order valence-corrected chi connectivity index (χ2v) is 10.3. The maximum atomic E-state index is 11.6. The Bertz CT molecular complexity index is 416. The fraction of sp³-hybridized carbons (Fsp3) is 1.00. The maximum absolute atomic E-state index is 11.6. The summed E-state index contributed by atoms with van der Waals surface area (Å²) in [5, 5.41) is 9.78. The topological polar surface area (TPSA) is 88.0 Å². The van der Waals surface area contributed by atoms with Gasteiger partial charge in [-0.05, 0) is 6.42 Å². The molecule has 176 valence electrons. The van der Waals surface area contributed by atoms with Crippen molar-refractivity contribution in [3.63, 3.8) is 0 Å². The Morgan fingerprint density at radius 2 is 1.34 bits per heavy atom. The van der Waals surface area contributed by atoms with Crippen molar-refractivity contribution in [1.82, 2.24) is 0 Å². The lowest BCUT2D eigenvalue weighted by Crippen LogP contribution is -2.37. The molecule has 0 aliphatic carbocycles. The first-order valence-electron chi connectivity index (χ1n) is 11.3. The highest BCUT2D eigenvalue weighted by Gasteiger charge is 2.15. The molecule has 0 aromatic carbocycles. The summed E-state index contributed by atoms with van der Waals surface area (Å²) in [6.45, 7) is 3.13. The van der Waals surface area contributed by atoms with Crippen molar-refractivity contribution in [3.05, 3.63) is 0 Å². The van der Waals surface area contributed by atoms with Gasteiger partial charge in [-0.15, -0.1) is 0 Å². The zero-order valence-corrected chi connectivity index (χ0v) is 20.2. The number of phosphoric ester groups is 1. The van der Waals surface area contributed by atoms with Crippen LogP contribution in [0.2, 0.25) is 0 Å². The standard InChI is InChI=1S/C21H46NO6P/c1-5-6-7-8-9-10-11-12-13-14-15-17-26-19-21(23)20-28-29(24,25)27-18-16-22(2,3)4/h21,23H,5-20H2,1-4H3. The average Bonchev–Trinajstić information content (AvgIpc) is 2.62. The number of nitrogens with zero attached hydrogens (tertiary/aromatic N) is 1. The summed E-state index contributed by atoms with van der Waals surface area (Å²) in [7, 11) is 1.44. The summed E-state index contributed by atoms with van der Waals surface area (Å²) in [6.07, 6.45) is 13.0. The molecule has 0 aromatic rings. The van der Waals surface area contributed by atoms with Crippen LogP contribution in [0.15, 0.2) is 0 Å². The molecule has 8 heteroatoms. The number of quaternary nitrogens is 1. The quantitative estimate of drug-likeness (QED) is 0.166. The van der Waals surface area contributed by atoms with Crippen LogP contribution in [0.25, 0.3) is 0 Å². The smallest absolute Gasteiger partial charge is 0.268 e. The highest BCUT2D eigenvalue weighted by Crippen LogP contribution is 2.38. The SMILES string of the molecule is CCCCCCCCCCCCCOCC(O)COP(=O)([O-])OCC[N+](C)(C)C. The minimum absolute atomic E-state index is 0.0513. The summed E-state index contributed by atoms with van der Waals surface area (Å²) >= 11 is 0. The van der Waals surface area contributed by atoms with E-state index in [1.54, 1.807) is 0 Å². The van der Waals surface area contributed by atoms with Crippen molar-refractivity contribution in [2.75, 3.05) is 54.1 Å². The normalized spacial score (nSPS) is 15.4. The van der Waals surface area contributed by atoms with Gasteiger partial charge in [0.15, 0.2) is 0 Å². The van der Waals surface area contributed by atoms with Gasteiger partial charge in [0, 0.05) is 6.61 Å². The van der Waals surface area contributed by atoms with E-state index in [-0.39, 0.29) is 19.8 Å². The van der Waals surface area contributed by atoms with E-state index in [0.29, 0.717) is 17.6 Å². The third kappa shape index (κ3) is 22.5. The third-order valence-corrected chi connectivity index (χ3v) is 5.60. The number of phosphoric acid groups is 1. The molecule has 0 saturated heterocycles. The first-order valence-corrected chi connectivity index (χ1v) is 12.8. The largest absolute Gasteiger partial charge is 0.756 e. The maximum Gasteiger partial charge on any atom is 0.268 e. The fourth-order valence-corrected chi connectivity index (χ4v) is 3.51. The molecule has 0 fully saturated rings. The monoisotopic (exact) mass is 439 g/mol. The third-order valence-electron chi connectivity index (χ3n) is 4.64. The molecule has 29 heavy (non-hydrogen) atoms. The molecule has 0 aliphatic rings. The van der Waals surface area contributed by atoms with Crippen LogP contribution >= 0.6 is 7.82 Å². The molecule has 0 saturated carbocycles. The molecular formula is C21H46NO6P. The Morgan fingerprint density at radius 3 is 1.86 bits per heavy atom. The van der Waals surface area contributed by atoms with E-state index in [4.69, 9.17) is 13.8 Å². The second-order valence-electron chi connectivity index (χ2n) is 8.85. The van der Waals surface area contributed by atoms with Crippen molar-refractivity contribution in [2.45, 2.75) is 83.7 Å². The van der Waals surface area contributed by atoms with E-state index in [9.17, 15) is 14.6 Å². The summed E-state index contributed by atoms with van der Waals surface area (Å²) < 4.78 is 27.1. The Hall–Kier alpha value is -0.0100. The summed E-state index contributed by atoms with van der Waals surface area (Å²) in [5.41, 5.74) is 0. The number of ether oxygens (including phenoxy) is 1. The lowest BCUT2D eigenvalue weighted by Gasteiger charge is -2.27. The molecule has 0 aromatic heterocycles. The van der Waals surface area contributed by atoms with Gasteiger partial charge in [-0.25, -0.2) is 0 Å². The van der Waals surface area contributed by atoms with Gasteiger partial charge in [0.2, 0.25) is 0 Å². The Balaban J connectivity index is 3.47. The second kappa shape index (κ2) is 17.6. The molecule has 0 aliphatic heterocycles. The molecule has 0 heterocycles. The van der Waals surface area contributed by atoms with Gasteiger partial charge in [0.25, 0.3) is 7.82 Å². The number of aliphatic hydroxyl groups excluding tert-OH is 1. The van der Waals surface area contributed by atoms with E-state index in [1.807, 2.05) is 21.1 Å². The number of hydrogen-bond acceptors (Lipinski definition) is 6. The van der Waals surface area contributed by atoms with Crippen LogP contribution in [-0.2, 0) is 18.3 Å². The van der Waals surface area contributed by atoms with Crippen LogP contribution in [0.4, 0.5) is 0 Å². The van der Waals surface area contributed by atoms with E-state index < -0.39 is 13.9 Å². The Morgan fingerprint density at radius 1 is 0.828 bits per heavy atom. The van der Waals surface area contributed by atoms with Crippen molar-refractivity contribution in [1.29, 1.82) is 0 Å². The lowest BCUT2D eigenvalue weighted by molar-refractivity contribution is -0.870. The van der Waals surface area contributed by atoms with Gasteiger partial charge in [0.1, 0.15) is 19.3 Å². The number of hydrogen-bond donors (Lipinski definition) is 1. The van der Waals surface area contributed by atoms with Crippen molar-refractivity contribution in [2.24, 2.45) is 0 Å². The predicted octanol–water partition coefficient (Wildman–Crippen LogP) is 3.88. The lowest BCUT2D eigenvalue weighted by atomic mass is 10.1. The highest BCUT2D eigenvalue weighted by molar-refractivity contribution is 7.45. The summed E-state index contributed by atoms with van der Waals surface area (Å²) in [5.74, 6) is 0. The van der Waals surface area contributed by atoms with Crippen molar-refractivity contribution in [3.8, 4) is 0 Å². The molecule has 0 spiro atoms. The van der Waals surface area contributed by atoms with E-state index in [2.05, 4.69) is 6.92 Å². The molecule has 2 unspecified atom stereocenters. The van der Waals surface area contributed by atoms with Gasteiger partial charge < -0.3 is 28.3 Å². The zero-order chi connectivity index (χ0) is 22.0. The molecule has 1 N–H and O–H groups in total. The number of aliphatic hydroxyl groups is 1. The highest BCUT2D eigenvalue weighted by atomic mass is 31.2. The molecule has 0 radical (unpaired) electrons. The number of rotatable bonds is 21. The van der Waals surface area contributed by atoms with Crippen LogP contribution in [0, 0.1) is 0 Å². The van der Waals surface area contributed by atoms with Gasteiger partial charge >= 0.3 is 0 Å². The van der Waals surface area contributed by atoms with Crippen molar-refractivity contribution < 1.29 is 32.8 Å². The molecule has 0 amide bonds. The minimum atomic E-state index is -4.38. The molecule has 0 bridgehead atoms. The van der Waals surface area contributed by atoms with Gasteiger partial charge in [-0.1, -0.05) is 71.1 Å². The van der Waals surface area contributed by atoms with E-state index in [1.165, 1.54) is 57.8 Å². The first-order chi connectivity index (χ1) is 13.7. The average molecular weight is 440 g/mol. The van der Waals surface area contributed by atoms with Crippen LogP contribution < -0.4 is 4.89 Å². The minimum Gasteiger partial charge on any atom is -0.756 e. The van der Waals surface area contributed by atoms with Gasteiger partial charge in [-0.3, -0.25) is 4.57 Å². The molecule has 2 atom stereocenters. The van der Waals surface area contributed by atoms with Gasteiger partial charge in [-0.2, -0.15) is 0 Å². The number of likely N-dealkylation sites (N-methyl/N-ethyl adjacent to an activating group) is 1. The van der Waals surface area contributed by atoms with Crippen LogP contribution in [0.5, 0.6) is 0 Å². The molecular weight excluding hydrogens is 393 g/mol. The Kier molecular flexibility index (Phi) is 17.6. The first kappa shape index (κ1) is 29.0. The summed E-state index contributed by atoms with van der Waals surface area (Å²) in [4.78, 5) is 11.6. The van der Waals surface area contributed by atoms with E-state index >= 15 is 0 Å². The predicted molar refractivity (Wildman–Crippen MR) is 116 cm³/mol. The summed E-state index contributed by atoms with van der Waals surface area (Å²) in [6, 6.07) is 0. The van der Waals surface area contributed by atoms with Crippen molar-refractivity contribution >= 4 is 7.82 Å². The van der Waals surface area contributed by atoms with Crippen LogP contribution in [0.1, 0.15) is 77.6 Å². The van der Waals surface area contributed by atoms with E-state index in [0.717, 1.165) is 12.8 Å². The zero-order valence-electron chi connectivity index (χ0n) is 19.3. The molecule has 0 rings (SSSR count). The number of unbranched alkanes of at least 4 members (excludes halogenated alkanes) is 10. The van der Waals surface area contributed by atoms with Crippen LogP contribution in [0.3, 0.4) is 0 Å². The molecule has 7 nitrogen and oxygen atoms in total. The van der Waals surface area contributed by atoms with Gasteiger partial charge in [0.05, 0.1) is 34.4 Å². The van der Waals surface area contributed by atoms with Crippen LogP contribution in [-0.4, -0.2) is 69.8 Å².